The van der Waals surface area contributed by atoms with E-state index in [1.807, 2.05) is 11.8 Å². The Kier molecular flexibility index (Phi) is 4.00. The van der Waals surface area contributed by atoms with Crippen LogP contribution < -0.4 is 5.32 Å². The maximum absolute atomic E-state index is 10.1. The van der Waals surface area contributed by atoms with E-state index < -0.39 is 5.97 Å². The van der Waals surface area contributed by atoms with Gasteiger partial charge in [0.05, 0.1) is 0 Å². The summed E-state index contributed by atoms with van der Waals surface area (Å²) >= 11 is 1.96. The number of carbonyl (C=O) groups is 1. The maximum atomic E-state index is 10.1. The number of rotatable bonds is 3. The van der Waals surface area contributed by atoms with Crippen molar-refractivity contribution in [1.29, 1.82) is 0 Å². The van der Waals surface area contributed by atoms with Gasteiger partial charge in [-0.1, -0.05) is 0 Å². The van der Waals surface area contributed by atoms with Crippen molar-refractivity contribution in [3.8, 4) is 0 Å². The third kappa shape index (κ3) is 3.67. The zero-order valence-corrected chi connectivity index (χ0v) is 7.64. The molecule has 0 amide bonds. The van der Waals surface area contributed by atoms with Crippen LogP contribution in [0.15, 0.2) is 12.3 Å². The third-order valence-corrected chi connectivity index (χ3v) is 2.83. The number of thioether (sulfide) groups is 1. The summed E-state index contributed by atoms with van der Waals surface area (Å²) in [5.41, 5.74) is 0. The summed E-state index contributed by atoms with van der Waals surface area (Å²) in [6, 6.07) is 0.474. The Morgan fingerprint density at radius 2 is 2.17 bits per heavy atom. The summed E-state index contributed by atoms with van der Waals surface area (Å²) in [6.07, 6.45) is 4.94. The van der Waals surface area contributed by atoms with Gasteiger partial charge in [-0.05, 0) is 24.3 Å². The molecule has 0 atom stereocenters. The second-order valence-corrected chi connectivity index (χ2v) is 3.95. The molecular weight excluding hydrogens is 174 g/mol. The van der Waals surface area contributed by atoms with E-state index in [9.17, 15) is 4.79 Å². The van der Waals surface area contributed by atoms with Crippen molar-refractivity contribution in [3.63, 3.8) is 0 Å². The molecular formula is C8H13NO2S. The summed E-state index contributed by atoms with van der Waals surface area (Å²) in [6.45, 7) is 0. The molecule has 0 aromatic carbocycles. The van der Waals surface area contributed by atoms with Gasteiger partial charge in [0.15, 0.2) is 0 Å². The van der Waals surface area contributed by atoms with Crippen LogP contribution >= 0.6 is 11.8 Å². The van der Waals surface area contributed by atoms with Crippen LogP contribution in [0.3, 0.4) is 0 Å². The highest BCUT2D eigenvalue weighted by molar-refractivity contribution is 7.99. The van der Waals surface area contributed by atoms with E-state index in [0.29, 0.717) is 6.04 Å². The standard InChI is InChI=1S/C8H13NO2S/c10-8(11)1-4-9-7-2-5-12-6-3-7/h1,4,7,9H,2-3,5-6H2,(H,10,11)/b4-1+. The van der Waals surface area contributed by atoms with Gasteiger partial charge in [-0.25, -0.2) is 4.79 Å². The molecule has 0 aliphatic carbocycles. The topological polar surface area (TPSA) is 49.3 Å². The van der Waals surface area contributed by atoms with E-state index >= 15 is 0 Å². The Balaban J connectivity index is 2.17. The number of hydrogen-bond acceptors (Lipinski definition) is 3. The van der Waals surface area contributed by atoms with Crippen molar-refractivity contribution in [2.75, 3.05) is 11.5 Å². The zero-order valence-electron chi connectivity index (χ0n) is 6.82. The van der Waals surface area contributed by atoms with Crippen molar-refractivity contribution in [2.24, 2.45) is 0 Å². The SMILES string of the molecule is O=C(O)/C=C/NC1CCSCC1. The number of nitrogens with one attached hydrogen (secondary N) is 1. The second-order valence-electron chi connectivity index (χ2n) is 2.72. The molecule has 1 aliphatic heterocycles. The maximum Gasteiger partial charge on any atom is 0.329 e. The predicted octanol–water partition coefficient (Wildman–Crippen LogP) is 1.07. The van der Waals surface area contributed by atoms with Crippen LogP contribution in [0.2, 0.25) is 0 Å². The zero-order chi connectivity index (χ0) is 8.81. The first-order chi connectivity index (χ1) is 5.79. The first kappa shape index (κ1) is 9.45. The number of aliphatic carboxylic acids is 1. The lowest BCUT2D eigenvalue weighted by atomic mass is 10.2. The van der Waals surface area contributed by atoms with E-state index in [0.717, 1.165) is 18.9 Å². The summed E-state index contributed by atoms with van der Waals surface area (Å²) in [5, 5.41) is 11.4. The van der Waals surface area contributed by atoms with Crippen LogP contribution in [0.5, 0.6) is 0 Å². The van der Waals surface area contributed by atoms with Crippen molar-refractivity contribution in [1.82, 2.24) is 5.32 Å². The minimum atomic E-state index is -0.896. The molecule has 1 fully saturated rings. The van der Waals surface area contributed by atoms with E-state index in [1.165, 1.54) is 17.7 Å². The summed E-state index contributed by atoms with van der Waals surface area (Å²) < 4.78 is 0. The van der Waals surface area contributed by atoms with Crippen molar-refractivity contribution >= 4 is 17.7 Å². The van der Waals surface area contributed by atoms with Gasteiger partial charge in [-0.3, -0.25) is 0 Å². The van der Waals surface area contributed by atoms with Crippen molar-refractivity contribution in [3.05, 3.63) is 12.3 Å². The third-order valence-electron chi connectivity index (χ3n) is 1.78. The number of hydrogen-bond donors (Lipinski definition) is 2. The molecule has 1 aliphatic rings. The molecule has 0 saturated carbocycles. The second kappa shape index (κ2) is 5.09. The molecule has 12 heavy (non-hydrogen) atoms. The highest BCUT2D eigenvalue weighted by atomic mass is 32.2. The molecule has 0 spiro atoms. The van der Waals surface area contributed by atoms with Gasteiger partial charge in [-0.15, -0.1) is 0 Å². The Hall–Kier alpha value is -0.640. The van der Waals surface area contributed by atoms with Crippen LogP contribution in [0, 0.1) is 0 Å². The summed E-state index contributed by atoms with van der Waals surface area (Å²) in [7, 11) is 0. The normalized spacial score (nSPS) is 19.7. The van der Waals surface area contributed by atoms with Crippen LogP contribution in [-0.4, -0.2) is 28.6 Å². The minimum absolute atomic E-state index is 0.474. The molecule has 2 N–H and O–H groups in total. The fraction of sp³-hybridized carbons (Fsp3) is 0.625. The molecule has 0 unspecified atom stereocenters. The smallest absolute Gasteiger partial charge is 0.329 e. The van der Waals surface area contributed by atoms with E-state index in [4.69, 9.17) is 5.11 Å². The Bertz CT molecular complexity index is 176. The first-order valence-corrected chi connectivity index (χ1v) is 5.18. The van der Waals surface area contributed by atoms with Crippen LogP contribution in [0.4, 0.5) is 0 Å². The fourth-order valence-corrected chi connectivity index (χ4v) is 2.23. The molecule has 1 rings (SSSR count). The molecule has 0 radical (unpaired) electrons. The van der Waals surface area contributed by atoms with Crippen molar-refractivity contribution < 1.29 is 9.90 Å². The van der Waals surface area contributed by atoms with Gasteiger partial charge in [0.2, 0.25) is 0 Å². The summed E-state index contributed by atoms with van der Waals surface area (Å²) in [4.78, 5) is 10.1. The van der Waals surface area contributed by atoms with Crippen LogP contribution in [-0.2, 0) is 4.79 Å². The molecule has 3 nitrogen and oxygen atoms in total. The lowest BCUT2D eigenvalue weighted by Gasteiger charge is -2.21. The Morgan fingerprint density at radius 1 is 1.50 bits per heavy atom. The number of carboxylic acid groups (broad SMARTS) is 1. The van der Waals surface area contributed by atoms with E-state index in [-0.39, 0.29) is 0 Å². The van der Waals surface area contributed by atoms with Gasteiger partial charge in [0.1, 0.15) is 0 Å². The first-order valence-electron chi connectivity index (χ1n) is 4.02. The van der Waals surface area contributed by atoms with Gasteiger partial charge in [-0.2, -0.15) is 11.8 Å². The molecule has 68 valence electrons. The average Bonchev–Trinajstić information content (AvgIpc) is 2.05. The molecule has 1 saturated heterocycles. The Morgan fingerprint density at radius 3 is 2.75 bits per heavy atom. The molecule has 0 aromatic heterocycles. The quantitative estimate of drug-likeness (QED) is 0.649. The minimum Gasteiger partial charge on any atom is -0.478 e. The molecule has 0 aromatic rings. The average molecular weight is 187 g/mol. The van der Waals surface area contributed by atoms with Crippen molar-refractivity contribution in [2.45, 2.75) is 18.9 Å². The van der Waals surface area contributed by atoms with Gasteiger partial charge < -0.3 is 10.4 Å². The van der Waals surface area contributed by atoms with Crippen LogP contribution in [0.1, 0.15) is 12.8 Å². The Labute approximate surface area is 76.2 Å². The molecule has 0 bridgehead atoms. The van der Waals surface area contributed by atoms with Gasteiger partial charge >= 0.3 is 5.97 Å². The lowest BCUT2D eigenvalue weighted by Crippen LogP contribution is -2.28. The highest BCUT2D eigenvalue weighted by Gasteiger charge is 2.10. The largest absolute Gasteiger partial charge is 0.478 e. The molecule has 1 heterocycles. The fourth-order valence-electron chi connectivity index (χ4n) is 1.12. The number of carboxylic acids is 1. The highest BCUT2D eigenvalue weighted by Crippen LogP contribution is 2.16. The molecule has 4 heteroatoms. The van der Waals surface area contributed by atoms with Gasteiger partial charge in [0.25, 0.3) is 0 Å². The lowest BCUT2D eigenvalue weighted by molar-refractivity contribution is -0.131. The summed E-state index contributed by atoms with van der Waals surface area (Å²) in [5.74, 6) is 1.46. The monoisotopic (exact) mass is 187 g/mol. The predicted molar refractivity (Wildman–Crippen MR) is 50.3 cm³/mol. The van der Waals surface area contributed by atoms with Crippen LogP contribution in [0.25, 0.3) is 0 Å². The van der Waals surface area contributed by atoms with E-state index in [1.54, 1.807) is 0 Å². The van der Waals surface area contributed by atoms with E-state index in [2.05, 4.69) is 5.32 Å². The van der Waals surface area contributed by atoms with Gasteiger partial charge in [0, 0.05) is 18.3 Å².